The van der Waals surface area contributed by atoms with E-state index >= 15 is 0 Å². The van der Waals surface area contributed by atoms with E-state index in [1.807, 2.05) is 30.5 Å². The summed E-state index contributed by atoms with van der Waals surface area (Å²) >= 11 is 0. The Morgan fingerprint density at radius 3 is 1.47 bits per heavy atom. The largest absolute Gasteiger partial charge is 0.264 e. The highest BCUT2D eigenvalue weighted by atomic mass is 15.0. The summed E-state index contributed by atoms with van der Waals surface area (Å²) in [6, 6.07) is 65.1. The third kappa shape index (κ3) is 7.65. The standard InChI is InChI=1S/C56H46N4/c1-6-19-39(20-7-1)49-37-50(52(41-23-10-3-11-24-41)53(42-25-12-4-13-26-42)51(49)40-21-8-2-9-22-40)45-30-17-32-47(36-45)56-59-54(43-27-14-5-15-28-43)58-55(60-56)46-31-16-29-44(35-46)48-33-18-34-57-38-48/h1-2,4-9,12-22,25-38,41,51,53H,3,10-11,23-24H2. The van der Waals surface area contributed by atoms with Gasteiger partial charge in [-0.25, -0.2) is 15.0 Å². The number of rotatable bonds is 9. The third-order valence-corrected chi connectivity index (χ3v) is 12.3. The molecule has 6 aromatic carbocycles. The summed E-state index contributed by atoms with van der Waals surface area (Å²) in [5.74, 6) is 2.72. The summed E-state index contributed by atoms with van der Waals surface area (Å²) < 4.78 is 0. The molecule has 2 aliphatic carbocycles. The normalized spacial score (nSPS) is 17.0. The quantitative estimate of drug-likeness (QED) is 0.147. The Hall–Kier alpha value is -7.04. The fraction of sp³-hybridized carbons (Fsp3) is 0.143. The first kappa shape index (κ1) is 37.2. The second-order valence-electron chi connectivity index (χ2n) is 16.0. The third-order valence-electron chi connectivity index (χ3n) is 12.3. The molecular weight excluding hydrogens is 729 g/mol. The highest BCUT2D eigenvalue weighted by Gasteiger charge is 2.39. The van der Waals surface area contributed by atoms with Crippen LogP contribution in [0.25, 0.3) is 56.4 Å². The lowest BCUT2D eigenvalue weighted by molar-refractivity contribution is 0.384. The number of pyridine rings is 1. The molecule has 1 saturated carbocycles. The number of allylic oxidation sites excluding steroid dienone is 4. The van der Waals surface area contributed by atoms with E-state index < -0.39 is 0 Å². The van der Waals surface area contributed by atoms with Gasteiger partial charge in [0.1, 0.15) is 0 Å². The zero-order valence-corrected chi connectivity index (χ0v) is 33.6. The van der Waals surface area contributed by atoms with E-state index in [4.69, 9.17) is 15.0 Å². The van der Waals surface area contributed by atoms with E-state index in [1.54, 1.807) is 11.8 Å². The summed E-state index contributed by atoms with van der Waals surface area (Å²) in [5, 5.41) is 0. The SMILES string of the molecule is C1=C(c2ccccc2)C(c2ccccc2)C(c2ccccc2)C(C2CCCCC2)=C1c1cccc(-c2nc(-c3ccccc3)nc(-c3cccc(-c4cccnc4)c3)n2)c1. The minimum absolute atomic E-state index is 0.154. The van der Waals surface area contributed by atoms with Crippen molar-refractivity contribution in [3.8, 4) is 45.3 Å². The molecule has 0 spiro atoms. The van der Waals surface area contributed by atoms with Crippen molar-refractivity contribution in [2.75, 3.05) is 0 Å². The van der Waals surface area contributed by atoms with Crippen LogP contribution in [-0.2, 0) is 0 Å². The lowest BCUT2D eigenvalue weighted by Crippen LogP contribution is -2.25. The Kier molecular flexibility index (Phi) is 10.6. The van der Waals surface area contributed by atoms with Gasteiger partial charge in [-0.1, -0.05) is 189 Å². The Labute approximate surface area is 353 Å². The van der Waals surface area contributed by atoms with Gasteiger partial charge in [0.05, 0.1) is 0 Å². The first-order valence-corrected chi connectivity index (χ1v) is 21.3. The molecule has 2 heterocycles. The van der Waals surface area contributed by atoms with Gasteiger partial charge in [-0.15, -0.1) is 0 Å². The fourth-order valence-corrected chi connectivity index (χ4v) is 9.50. The monoisotopic (exact) mass is 774 g/mol. The van der Waals surface area contributed by atoms with E-state index in [1.165, 1.54) is 65.5 Å². The zero-order valence-electron chi connectivity index (χ0n) is 33.6. The Morgan fingerprint density at radius 1 is 0.383 bits per heavy atom. The van der Waals surface area contributed by atoms with Gasteiger partial charge in [-0.3, -0.25) is 4.98 Å². The summed E-state index contributed by atoms with van der Waals surface area (Å²) in [4.78, 5) is 19.9. The Morgan fingerprint density at radius 2 is 0.867 bits per heavy atom. The molecule has 1 fully saturated rings. The molecule has 2 unspecified atom stereocenters. The number of nitrogens with zero attached hydrogens (tertiary/aromatic N) is 4. The minimum atomic E-state index is 0.154. The molecule has 4 heteroatoms. The van der Waals surface area contributed by atoms with Gasteiger partial charge in [0.15, 0.2) is 17.5 Å². The maximum Gasteiger partial charge on any atom is 0.164 e. The van der Waals surface area contributed by atoms with Crippen molar-refractivity contribution >= 4 is 11.1 Å². The van der Waals surface area contributed by atoms with E-state index in [2.05, 4.69) is 169 Å². The molecule has 2 atom stereocenters. The predicted octanol–water partition coefficient (Wildman–Crippen LogP) is 13.9. The number of hydrogen-bond donors (Lipinski definition) is 0. The van der Waals surface area contributed by atoms with Crippen LogP contribution in [0.2, 0.25) is 0 Å². The van der Waals surface area contributed by atoms with E-state index in [0.717, 1.165) is 27.8 Å². The van der Waals surface area contributed by atoms with Crippen LogP contribution in [0.1, 0.15) is 66.2 Å². The molecule has 0 aliphatic heterocycles. The van der Waals surface area contributed by atoms with Gasteiger partial charge in [0.2, 0.25) is 0 Å². The smallest absolute Gasteiger partial charge is 0.164 e. The molecule has 0 amide bonds. The number of benzene rings is 6. The molecule has 4 nitrogen and oxygen atoms in total. The molecule has 0 saturated heterocycles. The van der Waals surface area contributed by atoms with Crippen LogP contribution in [-0.4, -0.2) is 19.9 Å². The Bertz CT molecular complexity index is 2770. The highest BCUT2D eigenvalue weighted by molar-refractivity contribution is 5.93. The van der Waals surface area contributed by atoms with Crippen LogP contribution < -0.4 is 0 Å². The number of aromatic nitrogens is 4. The van der Waals surface area contributed by atoms with Crippen LogP contribution in [0.4, 0.5) is 0 Å². The molecular formula is C56H46N4. The molecule has 60 heavy (non-hydrogen) atoms. The van der Waals surface area contributed by atoms with E-state index in [9.17, 15) is 0 Å². The van der Waals surface area contributed by atoms with Crippen molar-refractivity contribution in [1.29, 1.82) is 0 Å². The van der Waals surface area contributed by atoms with Crippen molar-refractivity contribution in [3.05, 3.63) is 228 Å². The summed E-state index contributed by atoms with van der Waals surface area (Å²) in [7, 11) is 0. The van der Waals surface area contributed by atoms with Crippen LogP contribution in [0.3, 0.4) is 0 Å². The van der Waals surface area contributed by atoms with Crippen molar-refractivity contribution < 1.29 is 0 Å². The summed E-state index contributed by atoms with van der Waals surface area (Å²) in [5.41, 5.74) is 14.3. The molecule has 0 N–H and O–H groups in total. The van der Waals surface area contributed by atoms with Crippen LogP contribution in [0.15, 0.2) is 206 Å². The van der Waals surface area contributed by atoms with Crippen molar-refractivity contribution in [2.24, 2.45) is 5.92 Å². The van der Waals surface area contributed by atoms with Crippen LogP contribution >= 0.6 is 0 Å². The van der Waals surface area contributed by atoms with E-state index in [0.29, 0.717) is 23.4 Å². The predicted molar refractivity (Wildman–Crippen MR) is 246 cm³/mol. The molecule has 0 bridgehead atoms. The second kappa shape index (κ2) is 17.1. The average molecular weight is 775 g/mol. The lowest BCUT2D eigenvalue weighted by atomic mass is 9.62. The first-order chi connectivity index (χ1) is 29.8. The topological polar surface area (TPSA) is 51.6 Å². The molecule has 10 rings (SSSR count). The van der Waals surface area contributed by atoms with E-state index in [-0.39, 0.29) is 11.8 Å². The molecule has 2 aromatic heterocycles. The Balaban J connectivity index is 1.18. The molecule has 0 radical (unpaired) electrons. The summed E-state index contributed by atoms with van der Waals surface area (Å²) in [6.07, 6.45) is 12.4. The lowest BCUT2D eigenvalue weighted by Gasteiger charge is -2.41. The van der Waals surface area contributed by atoms with Crippen LogP contribution in [0, 0.1) is 5.92 Å². The van der Waals surface area contributed by atoms with Crippen molar-refractivity contribution in [1.82, 2.24) is 19.9 Å². The van der Waals surface area contributed by atoms with Gasteiger partial charge < -0.3 is 0 Å². The van der Waals surface area contributed by atoms with Gasteiger partial charge in [-0.05, 0) is 82.0 Å². The summed E-state index contributed by atoms with van der Waals surface area (Å²) in [6.45, 7) is 0. The first-order valence-electron chi connectivity index (χ1n) is 21.3. The minimum Gasteiger partial charge on any atom is -0.264 e. The van der Waals surface area contributed by atoms with Gasteiger partial charge in [-0.2, -0.15) is 0 Å². The second-order valence-corrected chi connectivity index (χ2v) is 16.0. The number of hydrogen-bond acceptors (Lipinski definition) is 4. The fourth-order valence-electron chi connectivity index (χ4n) is 9.50. The maximum atomic E-state index is 5.24. The van der Waals surface area contributed by atoms with Gasteiger partial charge >= 0.3 is 0 Å². The molecule has 290 valence electrons. The van der Waals surface area contributed by atoms with Gasteiger partial charge in [0.25, 0.3) is 0 Å². The molecule has 8 aromatic rings. The van der Waals surface area contributed by atoms with Crippen molar-refractivity contribution in [2.45, 2.75) is 43.9 Å². The zero-order chi connectivity index (χ0) is 40.1. The maximum absolute atomic E-state index is 5.24. The highest BCUT2D eigenvalue weighted by Crippen LogP contribution is 2.56. The molecule has 2 aliphatic rings. The van der Waals surface area contributed by atoms with Gasteiger partial charge in [0, 0.05) is 46.5 Å². The van der Waals surface area contributed by atoms with Crippen LogP contribution in [0.5, 0.6) is 0 Å². The van der Waals surface area contributed by atoms with Crippen molar-refractivity contribution in [3.63, 3.8) is 0 Å². The average Bonchev–Trinajstić information content (AvgIpc) is 3.35.